The van der Waals surface area contributed by atoms with Gasteiger partial charge in [0.05, 0.1) is 23.3 Å². The first-order valence-electron chi connectivity index (χ1n) is 8.65. The van der Waals surface area contributed by atoms with Crippen molar-refractivity contribution in [2.75, 3.05) is 42.9 Å². The Balaban J connectivity index is 1.32. The van der Waals surface area contributed by atoms with Crippen LogP contribution in [0.3, 0.4) is 0 Å². The number of piperazine rings is 1. The van der Waals surface area contributed by atoms with Crippen LogP contribution in [0.25, 0.3) is 11.0 Å². The van der Waals surface area contributed by atoms with Gasteiger partial charge in [0.2, 0.25) is 11.9 Å². The van der Waals surface area contributed by atoms with Gasteiger partial charge in [-0.05, 0) is 24.3 Å². The molecule has 1 aromatic heterocycles. The molecule has 0 unspecified atom stereocenters. The van der Waals surface area contributed by atoms with E-state index in [0.29, 0.717) is 0 Å². The number of hydrogen-bond acceptors (Lipinski definition) is 4. The summed E-state index contributed by atoms with van der Waals surface area (Å²) in [5, 5.41) is 2.63. The molecule has 0 radical (unpaired) electrons. The van der Waals surface area contributed by atoms with Gasteiger partial charge < -0.3 is 15.2 Å². The number of benzene rings is 2. The molecule has 134 valence electrons. The van der Waals surface area contributed by atoms with Gasteiger partial charge in [0.15, 0.2) is 0 Å². The molecule has 2 N–H and O–H groups in total. The lowest BCUT2D eigenvalue weighted by molar-refractivity contribution is -0.117. The average Bonchev–Trinajstić information content (AvgIpc) is 3.08. The lowest BCUT2D eigenvalue weighted by Gasteiger charge is -2.34. The predicted octanol–water partition coefficient (Wildman–Crippen LogP) is 2.46. The van der Waals surface area contributed by atoms with Gasteiger partial charge in [0.1, 0.15) is 5.82 Å². The van der Waals surface area contributed by atoms with Gasteiger partial charge in [-0.25, -0.2) is 9.37 Å². The SMILES string of the molecule is O=C(CN1CCN(c2nc3ccccc3[nH]2)CC1)Nc1ccccc1F. The summed E-state index contributed by atoms with van der Waals surface area (Å²) in [6.45, 7) is 3.32. The Labute approximate surface area is 150 Å². The first kappa shape index (κ1) is 16.5. The molecule has 1 amide bonds. The third-order valence-corrected chi connectivity index (χ3v) is 4.56. The number of hydrogen-bond donors (Lipinski definition) is 2. The minimum Gasteiger partial charge on any atom is -0.340 e. The fourth-order valence-corrected chi connectivity index (χ4v) is 3.16. The maximum atomic E-state index is 13.6. The molecule has 0 aliphatic carbocycles. The molecule has 0 atom stereocenters. The van der Waals surface area contributed by atoms with Gasteiger partial charge in [-0.3, -0.25) is 9.69 Å². The summed E-state index contributed by atoms with van der Waals surface area (Å²) in [5.74, 6) is 0.240. The molecule has 2 aromatic carbocycles. The number of carbonyl (C=O) groups excluding carboxylic acids is 1. The molecular weight excluding hydrogens is 333 g/mol. The highest BCUT2D eigenvalue weighted by Gasteiger charge is 2.21. The zero-order chi connectivity index (χ0) is 17.9. The van der Waals surface area contributed by atoms with E-state index < -0.39 is 5.82 Å². The fraction of sp³-hybridized carbons (Fsp3) is 0.263. The average molecular weight is 353 g/mol. The van der Waals surface area contributed by atoms with Crippen LogP contribution in [0.1, 0.15) is 0 Å². The van der Waals surface area contributed by atoms with Crippen LogP contribution in [-0.4, -0.2) is 53.5 Å². The fourth-order valence-electron chi connectivity index (χ4n) is 3.16. The molecule has 1 saturated heterocycles. The molecule has 0 saturated carbocycles. The zero-order valence-corrected chi connectivity index (χ0v) is 14.3. The Morgan fingerprint density at radius 2 is 1.81 bits per heavy atom. The number of H-pyrrole nitrogens is 1. The summed E-state index contributed by atoms with van der Waals surface area (Å²) in [4.78, 5) is 24.4. The van der Waals surface area contributed by atoms with E-state index in [1.165, 1.54) is 6.07 Å². The highest BCUT2D eigenvalue weighted by atomic mass is 19.1. The number of halogens is 1. The quantitative estimate of drug-likeness (QED) is 0.756. The molecule has 4 rings (SSSR count). The first-order valence-corrected chi connectivity index (χ1v) is 8.65. The van der Waals surface area contributed by atoms with E-state index in [1.807, 2.05) is 24.3 Å². The number of rotatable bonds is 4. The number of imidazole rings is 1. The van der Waals surface area contributed by atoms with Crippen molar-refractivity contribution in [3.05, 3.63) is 54.3 Å². The van der Waals surface area contributed by atoms with E-state index in [2.05, 4.69) is 25.1 Å². The number of para-hydroxylation sites is 3. The van der Waals surface area contributed by atoms with Crippen molar-refractivity contribution in [2.24, 2.45) is 0 Å². The van der Waals surface area contributed by atoms with Gasteiger partial charge in [0.25, 0.3) is 0 Å². The van der Waals surface area contributed by atoms with E-state index in [-0.39, 0.29) is 18.1 Å². The molecule has 3 aromatic rings. The molecule has 7 heteroatoms. The summed E-state index contributed by atoms with van der Waals surface area (Å²) >= 11 is 0. The van der Waals surface area contributed by atoms with Crippen molar-refractivity contribution in [3.8, 4) is 0 Å². The molecular formula is C19H20FN5O. The van der Waals surface area contributed by atoms with E-state index in [9.17, 15) is 9.18 Å². The largest absolute Gasteiger partial charge is 0.340 e. The minimum absolute atomic E-state index is 0.202. The highest BCUT2D eigenvalue weighted by molar-refractivity contribution is 5.92. The lowest BCUT2D eigenvalue weighted by atomic mass is 10.3. The number of aromatic nitrogens is 2. The van der Waals surface area contributed by atoms with Crippen LogP contribution in [0.2, 0.25) is 0 Å². The van der Waals surface area contributed by atoms with Crippen molar-refractivity contribution in [1.29, 1.82) is 0 Å². The van der Waals surface area contributed by atoms with E-state index in [4.69, 9.17) is 0 Å². The lowest BCUT2D eigenvalue weighted by Crippen LogP contribution is -2.49. The van der Waals surface area contributed by atoms with Gasteiger partial charge in [-0.1, -0.05) is 24.3 Å². The molecule has 1 aliphatic rings. The Morgan fingerprint density at radius 3 is 2.58 bits per heavy atom. The molecule has 0 spiro atoms. The maximum absolute atomic E-state index is 13.6. The molecule has 26 heavy (non-hydrogen) atoms. The Morgan fingerprint density at radius 1 is 1.08 bits per heavy atom. The normalized spacial score (nSPS) is 15.3. The summed E-state index contributed by atoms with van der Waals surface area (Å²) in [5.41, 5.74) is 2.20. The van der Waals surface area contributed by atoms with Crippen LogP contribution in [-0.2, 0) is 4.79 Å². The van der Waals surface area contributed by atoms with Gasteiger partial charge in [-0.2, -0.15) is 0 Å². The smallest absolute Gasteiger partial charge is 0.238 e. The molecule has 6 nitrogen and oxygen atoms in total. The van der Waals surface area contributed by atoms with Gasteiger partial charge in [0, 0.05) is 26.2 Å². The minimum atomic E-state index is -0.421. The van der Waals surface area contributed by atoms with Crippen LogP contribution in [0.4, 0.5) is 16.0 Å². The number of nitrogens with zero attached hydrogens (tertiary/aromatic N) is 3. The molecule has 2 heterocycles. The van der Waals surface area contributed by atoms with Crippen LogP contribution < -0.4 is 10.2 Å². The predicted molar refractivity (Wildman–Crippen MR) is 99.8 cm³/mol. The number of aromatic amines is 1. The van der Waals surface area contributed by atoms with Crippen molar-refractivity contribution in [1.82, 2.24) is 14.9 Å². The van der Waals surface area contributed by atoms with Crippen molar-refractivity contribution in [3.63, 3.8) is 0 Å². The summed E-state index contributed by atoms with van der Waals surface area (Å²) < 4.78 is 13.6. The Bertz CT molecular complexity index is 884. The first-order chi connectivity index (χ1) is 12.7. The van der Waals surface area contributed by atoms with Crippen LogP contribution in [0.5, 0.6) is 0 Å². The number of fused-ring (bicyclic) bond motifs is 1. The van der Waals surface area contributed by atoms with Crippen LogP contribution in [0.15, 0.2) is 48.5 Å². The van der Waals surface area contributed by atoms with Gasteiger partial charge in [-0.15, -0.1) is 0 Å². The molecule has 0 bridgehead atoms. The monoisotopic (exact) mass is 353 g/mol. The topological polar surface area (TPSA) is 64.3 Å². The second kappa shape index (κ2) is 7.13. The second-order valence-corrected chi connectivity index (χ2v) is 6.37. The standard InChI is InChI=1S/C19H20FN5O/c20-14-5-1-2-6-15(14)21-18(26)13-24-9-11-25(12-10-24)19-22-16-7-3-4-8-17(16)23-19/h1-8H,9-13H2,(H,21,26)(H,22,23). The molecule has 1 aliphatic heterocycles. The third kappa shape index (κ3) is 3.52. The Hall–Kier alpha value is -2.93. The van der Waals surface area contributed by atoms with Crippen molar-refractivity contribution in [2.45, 2.75) is 0 Å². The Kier molecular flexibility index (Phi) is 4.53. The number of carbonyl (C=O) groups is 1. The number of anilines is 2. The van der Waals surface area contributed by atoms with Crippen LogP contribution >= 0.6 is 0 Å². The zero-order valence-electron chi connectivity index (χ0n) is 14.3. The third-order valence-electron chi connectivity index (χ3n) is 4.56. The maximum Gasteiger partial charge on any atom is 0.238 e. The van der Waals surface area contributed by atoms with Gasteiger partial charge >= 0.3 is 0 Å². The number of amides is 1. The van der Waals surface area contributed by atoms with E-state index in [1.54, 1.807) is 18.2 Å². The highest BCUT2D eigenvalue weighted by Crippen LogP contribution is 2.18. The summed E-state index contributed by atoms with van der Waals surface area (Å²) in [6, 6.07) is 14.1. The summed E-state index contributed by atoms with van der Waals surface area (Å²) in [7, 11) is 0. The van der Waals surface area contributed by atoms with E-state index >= 15 is 0 Å². The van der Waals surface area contributed by atoms with Crippen molar-refractivity contribution >= 4 is 28.6 Å². The molecule has 1 fully saturated rings. The van der Waals surface area contributed by atoms with Crippen LogP contribution in [0, 0.1) is 5.82 Å². The van der Waals surface area contributed by atoms with Crippen molar-refractivity contribution < 1.29 is 9.18 Å². The second-order valence-electron chi connectivity index (χ2n) is 6.37. The number of nitrogens with one attached hydrogen (secondary N) is 2. The summed E-state index contributed by atoms with van der Waals surface area (Å²) in [6.07, 6.45) is 0. The van der Waals surface area contributed by atoms with E-state index in [0.717, 1.165) is 43.2 Å².